The summed E-state index contributed by atoms with van der Waals surface area (Å²) in [5.74, 6) is 0.669. The van der Waals surface area contributed by atoms with Gasteiger partial charge in [-0.3, -0.25) is 5.32 Å². The molecule has 4 rings (SSSR count). The molecule has 0 radical (unpaired) electrons. The number of aliphatic hydroxyl groups is 1. The van der Waals surface area contributed by atoms with E-state index in [1.54, 1.807) is 7.11 Å². The molecule has 3 atom stereocenters. The van der Waals surface area contributed by atoms with Gasteiger partial charge in [0.15, 0.2) is 0 Å². The smallest absolute Gasteiger partial charge is 0.118 e. The molecule has 33 heavy (non-hydrogen) atoms. The first-order valence-electron chi connectivity index (χ1n) is 11.4. The lowest BCUT2D eigenvalue weighted by atomic mass is 9.82. The third-order valence-electron chi connectivity index (χ3n) is 6.15. The number of aliphatic hydroxyl groups excluding tert-OH is 1. The normalized spacial score (nSPS) is 13.9. The summed E-state index contributed by atoms with van der Waals surface area (Å²) in [6, 6.07) is 39.2. The summed E-state index contributed by atoms with van der Waals surface area (Å²) in [6.07, 6.45) is -0.556. The molecule has 0 spiro atoms. The molecule has 3 nitrogen and oxygen atoms in total. The average molecular weight is 438 g/mol. The molecule has 4 aromatic rings. The molecule has 0 aromatic heterocycles. The zero-order valence-electron chi connectivity index (χ0n) is 19.1. The maximum absolute atomic E-state index is 11.0. The van der Waals surface area contributed by atoms with Gasteiger partial charge >= 0.3 is 0 Å². The first-order chi connectivity index (χ1) is 16.2. The fourth-order valence-electron chi connectivity index (χ4n) is 4.50. The maximum Gasteiger partial charge on any atom is 0.118 e. The van der Waals surface area contributed by atoms with Gasteiger partial charge in [-0.2, -0.15) is 0 Å². The van der Waals surface area contributed by atoms with Gasteiger partial charge < -0.3 is 9.84 Å². The minimum atomic E-state index is -0.556. The Hall–Kier alpha value is -3.40. The number of hydrogen-bond acceptors (Lipinski definition) is 3. The van der Waals surface area contributed by atoms with E-state index in [-0.39, 0.29) is 18.0 Å². The lowest BCUT2D eigenvalue weighted by Crippen LogP contribution is -2.35. The van der Waals surface area contributed by atoms with Crippen LogP contribution in [0.1, 0.15) is 47.2 Å². The lowest BCUT2D eigenvalue weighted by molar-refractivity contribution is 0.138. The van der Waals surface area contributed by atoms with Crippen molar-refractivity contribution < 1.29 is 9.84 Å². The van der Waals surface area contributed by atoms with Crippen LogP contribution in [0.4, 0.5) is 0 Å². The predicted molar refractivity (Wildman–Crippen MR) is 134 cm³/mol. The van der Waals surface area contributed by atoms with Gasteiger partial charge in [0.1, 0.15) is 5.75 Å². The molecule has 0 amide bonds. The van der Waals surface area contributed by atoms with Gasteiger partial charge in [0.25, 0.3) is 0 Å². The molecule has 2 N–H and O–H groups in total. The summed E-state index contributed by atoms with van der Waals surface area (Å²) < 4.78 is 5.39. The van der Waals surface area contributed by atoms with Crippen LogP contribution >= 0.6 is 0 Å². The second-order valence-corrected chi connectivity index (χ2v) is 8.35. The summed E-state index contributed by atoms with van der Waals surface area (Å²) in [4.78, 5) is 0. The fraction of sp³-hybridized carbons (Fsp3) is 0.200. The molecule has 0 fully saturated rings. The van der Waals surface area contributed by atoms with Crippen LogP contribution in [0.15, 0.2) is 115 Å². The van der Waals surface area contributed by atoms with Crippen LogP contribution in [0.5, 0.6) is 5.75 Å². The molecule has 3 heteroatoms. The van der Waals surface area contributed by atoms with Crippen LogP contribution in [0.3, 0.4) is 0 Å². The monoisotopic (exact) mass is 437 g/mol. The van der Waals surface area contributed by atoms with Crippen LogP contribution in [-0.2, 0) is 0 Å². The summed E-state index contributed by atoms with van der Waals surface area (Å²) in [5.41, 5.74) is 4.56. The van der Waals surface area contributed by atoms with E-state index in [0.717, 1.165) is 16.9 Å². The van der Waals surface area contributed by atoms with Gasteiger partial charge in [0.05, 0.1) is 19.3 Å². The quantitative estimate of drug-likeness (QED) is 0.324. The Balaban J connectivity index is 1.81. The number of rotatable bonds is 9. The standard InChI is InChI=1S/C30H31NO2/c1-22(32)28(23-12-6-3-7-13-23)30(26-18-20-27(33-2)21-19-26)31-29(24-14-8-4-9-15-24)25-16-10-5-11-17-25/h3-22,28-32H,1-2H3/t22?,28-,30+/m0/s1. The summed E-state index contributed by atoms with van der Waals surface area (Å²) in [6.45, 7) is 1.87. The van der Waals surface area contributed by atoms with Crippen molar-refractivity contribution in [3.05, 3.63) is 138 Å². The molecule has 168 valence electrons. The molecular formula is C30H31NO2. The Morgan fingerprint density at radius 1 is 0.606 bits per heavy atom. The van der Waals surface area contributed by atoms with Crippen molar-refractivity contribution in [3.8, 4) is 5.75 Å². The molecule has 0 saturated carbocycles. The number of benzene rings is 4. The van der Waals surface area contributed by atoms with E-state index in [9.17, 15) is 5.11 Å². The minimum Gasteiger partial charge on any atom is -0.497 e. The fourth-order valence-corrected chi connectivity index (χ4v) is 4.50. The van der Waals surface area contributed by atoms with E-state index in [2.05, 4.69) is 78.1 Å². The van der Waals surface area contributed by atoms with Crippen LogP contribution in [-0.4, -0.2) is 18.3 Å². The Kier molecular flexibility index (Phi) is 7.56. The van der Waals surface area contributed by atoms with Crippen molar-refractivity contribution in [1.29, 1.82) is 0 Å². The number of hydrogen-bond donors (Lipinski definition) is 2. The van der Waals surface area contributed by atoms with E-state index >= 15 is 0 Å². The zero-order valence-corrected chi connectivity index (χ0v) is 19.1. The highest BCUT2D eigenvalue weighted by molar-refractivity contribution is 5.36. The maximum atomic E-state index is 11.0. The van der Waals surface area contributed by atoms with Gasteiger partial charge in [-0.25, -0.2) is 0 Å². The Morgan fingerprint density at radius 2 is 1.06 bits per heavy atom. The summed E-state index contributed by atoms with van der Waals surface area (Å²) in [5, 5.41) is 14.9. The van der Waals surface area contributed by atoms with Gasteiger partial charge in [-0.05, 0) is 41.3 Å². The second kappa shape index (κ2) is 11.0. The highest BCUT2D eigenvalue weighted by atomic mass is 16.5. The largest absolute Gasteiger partial charge is 0.497 e. The third-order valence-corrected chi connectivity index (χ3v) is 6.15. The van der Waals surface area contributed by atoms with Gasteiger partial charge in [-0.15, -0.1) is 0 Å². The van der Waals surface area contributed by atoms with E-state index in [1.165, 1.54) is 11.1 Å². The molecule has 0 aliphatic rings. The first kappa shape index (κ1) is 22.8. The van der Waals surface area contributed by atoms with Crippen molar-refractivity contribution in [3.63, 3.8) is 0 Å². The predicted octanol–water partition coefficient (Wildman–Crippen LogP) is 6.28. The SMILES string of the molecule is COc1ccc([C@@H](NC(c2ccccc2)c2ccccc2)[C@H](c2ccccc2)C(C)O)cc1. The first-order valence-corrected chi connectivity index (χ1v) is 11.4. The van der Waals surface area contributed by atoms with Crippen LogP contribution < -0.4 is 10.1 Å². The molecule has 0 aliphatic heterocycles. The lowest BCUT2D eigenvalue weighted by Gasteiger charge is -2.35. The van der Waals surface area contributed by atoms with Crippen LogP contribution in [0.2, 0.25) is 0 Å². The summed E-state index contributed by atoms with van der Waals surface area (Å²) in [7, 11) is 1.67. The van der Waals surface area contributed by atoms with Gasteiger partial charge in [0, 0.05) is 12.0 Å². The van der Waals surface area contributed by atoms with Crippen LogP contribution in [0.25, 0.3) is 0 Å². The van der Waals surface area contributed by atoms with Crippen molar-refractivity contribution in [2.75, 3.05) is 7.11 Å². The topological polar surface area (TPSA) is 41.5 Å². The zero-order chi connectivity index (χ0) is 23.0. The second-order valence-electron chi connectivity index (χ2n) is 8.35. The Bertz CT molecular complexity index is 1060. The molecular weight excluding hydrogens is 406 g/mol. The Morgan fingerprint density at radius 3 is 1.48 bits per heavy atom. The van der Waals surface area contributed by atoms with E-state index < -0.39 is 6.10 Å². The van der Waals surface area contributed by atoms with Crippen molar-refractivity contribution >= 4 is 0 Å². The van der Waals surface area contributed by atoms with E-state index in [1.807, 2.05) is 49.4 Å². The molecule has 0 aliphatic carbocycles. The van der Waals surface area contributed by atoms with E-state index in [0.29, 0.717) is 0 Å². The molecule has 0 bridgehead atoms. The van der Waals surface area contributed by atoms with Crippen LogP contribution in [0, 0.1) is 0 Å². The van der Waals surface area contributed by atoms with Crippen molar-refractivity contribution in [1.82, 2.24) is 5.32 Å². The molecule has 1 unspecified atom stereocenters. The highest BCUT2D eigenvalue weighted by Gasteiger charge is 2.31. The van der Waals surface area contributed by atoms with Gasteiger partial charge in [0.2, 0.25) is 0 Å². The Labute approximate surface area is 196 Å². The molecule has 4 aromatic carbocycles. The summed E-state index contributed by atoms with van der Waals surface area (Å²) >= 11 is 0. The molecule has 0 saturated heterocycles. The van der Waals surface area contributed by atoms with Gasteiger partial charge in [-0.1, -0.05) is 103 Å². The highest BCUT2D eigenvalue weighted by Crippen LogP contribution is 2.37. The molecule has 0 heterocycles. The number of nitrogens with one attached hydrogen (secondary N) is 1. The number of ether oxygens (including phenoxy) is 1. The van der Waals surface area contributed by atoms with Crippen molar-refractivity contribution in [2.24, 2.45) is 0 Å². The third kappa shape index (κ3) is 5.51. The van der Waals surface area contributed by atoms with Crippen molar-refractivity contribution in [2.45, 2.75) is 31.0 Å². The average Bonchev–Trinajstić information content (AvgIpc) is 2.88. The number of methoxy groups -OCH3 is 1. The van der Waals surface area contributed by atoms with E-state index in [4.69, 9.17) is 4.74 Å². The minimum absolute atomic E-state index is 0.0375.